The van der Waals surface area contributed by atoms with E-state index in [9.17, 15) is 9.59 Å². The van der Waals surface area contributed by atoms with E-state index in [0.29, 0.717) is 13.0 Å². The summed E-state index contributed by atoms with van der Waals surface area (Å²) in [5.41, 5.74) is -0.625. The van der Waals surface area contributed by atoms with Crippen molar-refractivity contribution in [2.75, 3.05) is 13.2 Å². The van der Waals surface area contributed by atoms with Crippen LogP contribution in [0.15, 0.2) is 0 Å². The summed E-state index contributed by atoms with van der Waals surface area (Å²) in [6.07, 6.45) is 6.23. The highest BCUT2D eigenvalue weighted by atomic mass is 16.5. The molecule has 112 valence electrons. The van der Waals surface area contributed by atoms with Crippen molar-refractivity contribution in [1.82, 2.24) is 10.2 Å². The highest BCUT2D eigenvalue weighted by Crippen LogP contribution is 2.34. The molecule has 2 saturated heterocycles. The fourth-order valence-electron chi connectivity index (χ4n) is 3.87. The smallest absolute Gasteiger partial charge is 0.248 e. The molecular weight excluding hydrogens is 256 g/mol. The van der Waals surface area contributed by atoms with Crippen LogP contribution in [0, 0.1) is 0 Å². The van der Waals surface area contributed by atoms with Crippen molar-refractivity contribution in [1.29, 1.82) is 0 Å². The van der Waals surface area contributed by atoms with Crippen LogP contribution in [0.4, 0.5) is 0 Å². The van der Waals surface area contributed by atoms with E-state index in [-0.39, 0.29) is 24.0 Å². The number of nitrogens with one attached hydrogen (secondary N) is 1. The summed E-state index contributed by atoms with van der Waals surface area (Å²) in [6.45, 7) is 3.37. The van der Waals surface area contributed by atoms with Crippen molar-refractivity contribution in [2.24, 2.45) is 0 Å². The number of hydrogen-bond acceptors (Lipinski definition) is 3. The summed E-state index contributed by atoms with van der Waals surface area (Å²) in [5.74, 6) is 0.131. The van der Waals surface area contributed by atoms with Gasteiger partial charge in [0.2, 0.25) is 11.8 Å². The maximum absolute atomic E-state index is 13.0. The minimum Gasteiger partial charge on any atom is -0.376 e. The summed E-state index contributed by atoms with van der Waals surface area (Å²) in [4.78, 5) is 26.8. The molecule has 0 aromatic carbocycles. The van der Waals surface area contributed by atoms with Crippen LogP contribution in [0.3, 0.4) is 0 Å². The molecule has 3 fully saturated rings. The minimum atomic E-state index is -0.625. The van der Waals surface area contributed by atoms with Gasteiger partial charge in [0.25, 0.3) is 0 Å². The van der Waals surface area contributed by atoms with E-state index in [2.05, 4.69) is 12.2 Å². The van der Waals surface area contributed by atoms with Crippen LogP contribution in [0.2, 0.25) is 0 Å². The largest absolute Gasteiger partial charge is 0.376 e. The van der Waals surface area contributed by atoms with Crippen molar-refractivity contribution in [3.05, 3.63) is 0 Å². The predicted molar refractivity (Wildman–Crippen MR) is 74.1 cm³/mol. The summed E-state index contributed by atoms with van der Waals surface area (Å²) in [7, 11) is 0. The lowest BCUT2D eigenvalue weighted by molar-refractivity contribution is -0.142. The highest BCUT2D eigenvalue weighted by molar-refractivity contribution is 5.94. The van der Waals surface area contributed by atoms with Crippen LogP contribution < -0.4 is 5.32 Å². The second-order valence-corrected chi connectivity index (χ2v) is 6.38. The normalized spacial score (nSPS) is 31.4. The first kappa shape index (κ1) is 13.9. The SMILES string of the molecule is CC(C1CCCO1)N1CCC(=O)NC2(CCCC2)C1=O. The molecular formula is C15H24N2O3. The second kappa shape index (κ2) is 5.35. The zero-order chi connectivity index (χ0) is 14.2. The Bertz CT molecular complexity index is 398. The molecule has 2 atom stereocenters. The van der Waals surface area contributed by atoms with E-state index in [1.165, 1.54) is 0 Å². The van der Waals surface area contributed by atoms with E-state index < -0.39 is 5.54 Å². The average molecular weight is 280 g/mol. The van der Waals surface area contributed by atoms with Crippen LogP contribution in [-0.4, -0.2) is 47.6 Å². The van der Waals surface area contributed by atoms with Gasteiger partial charge in [0, 0.05) is 19.6 Å². The molecule has 1 saturated carbocycles. The van der Waals surface area contributed by atoms with E-state index in [4.69, 9.17) is 4.74 Å². The van der Waals surface area contributed by atoms with Gasteiger partial charge in [-0.1, -0.05) is 12.8 Å². The first-order valence-electron chi connectivity index (χ1n) is 7.86. The monoisotopic (exact) mass is 280 g/mol. The lowest BCUT2D eigenvalue weighted by Crippen LogP contribution is -2.58. The summed E-state index contributed by atoms with van der Waals surface area (Å²) < 4.78 is 5.74. The van der Waals surface area contributed by atoms with Gasteiger partial charge in [-0.3, -0.25) is 9.59 Å². The lowest BCUT2D eigenvalue weighted by Gasteiger charge is -2.37. The molecule has 5 nitrogen and oxygen atoms in total. The van der Waals surface area contributed by atoms with Crippen LogP contribution in [0.5, 0.6) is 0 Å². The molecule has 0 aromatic heterocycles. The lowest BCUT2D eigenvalue weighted by atomic mass is 9.94. The number of carbonyl (C=O) groups is 2. The molecule has 0 aromatic rings. The molecule has 20 heavy (non-hydrogen) atoms. The van der Waals surface area contributed by atoms with Crippen LogP contribution in [-0.2, 0) is 14.3 Å². The molecule has 2 amide bonds. The number of nitrogens with zero attached hydrogens (tertiary/aromatic N) is 1. The van der Waals surface area contributed by atoms with E-state index >= 15 is 0 Å². The Balaban J connectivity index is 1.82. The second-order valence-electron chi connectivity index (χ2n) is 6.38. The third-order valence-electron chi connectivity index (χ3n) is 5.08. The molecule has 0 radical (unpaired) electrons. The maximum Gasteiger partial charge on any atom is 0.248 e. The molecule has 1 spiro atoms. The Hall–Kier alpha value is -1.10. The van der Waals surface area contributed by atoms with Gasteiger partial charge >= 0.3 is 0 Å². The van der Waals surface area contributed by atoms with Crippen molar-refractivity contribution in [3.8, 4) is 0 Å². The standard InChI is InChI=1S/C15H24N2O3/c1-11(12-5-4-10-20-12)17-9-6-13(18)16-15(14(17)19)7-2-3-8-15/h11-12H,2-10H2,1H3,(H,16,18). The van der Waals surface area contributed by atoms with Crippen molar-refractivity contribution < 1.29 is 14.3 Å². The fourth-order valence-corrected chi connectivity index (χ4v) is 3.87. The fraction of sp³-hybridized carbons (Fsp3) is 0.867. The first-order valence-corrected chi connectivity index (χ1v) is 7.86. The van der Waals surface area contributed by atoms with Gasteiger partial charge in [0.05, 0.1) is 12.1 Å². The van der Waals surface area contributed by atoms with Crippen molar-refractivity contribution in [3.63, 3.8) is 0 Å². The number of ether oxygens (including phenoxy) is 1. The predicted octanol–water partition coefficient (Wildman–Crippen LogP) is 1.22. The number of carbonyl (C=O) groups excluding carboxylic acids is 2. The van der Waals surface area contributed by atoms with E-state index in [1.54, 1.807) is 0 Å². The Kier molecular flexibility index (Phi) is 3.71. The van der Waals surface area contributed by atoms with Crippen molar-refractivity contribution >= 4 is 11.8 Å². The van der Waals surface area contributed by atoms with Gasteiger partial charge in [-0.25, -0.2) is 0 Å². The molecule has 3 rings (SSSR count). The Morgan fingerprint density at radius 2 is 2.05 bits per heavy atom. The Morgan fingerprint density at radius 3 is 2.70 bits per heavy atom. The zero-order valence-corrected chi connectivity index (χ0v) is 12.2. The molecule has 3 aliphatic rings. The first-order chi connectivity index (χ1) is 9.62. The van der Waals surface area contributed by atoms with Crippen LogP contribution in [0.1, 0.15) is 51.9 Å². The number of amides is 2. The third-order valence-corrected chi connectivity index (χ3v) is 5.08. The topological polar surface area (TPSA) is 58.6 Å². The molecule has 0 bridgehead atoms. The van der Waals surface area contributed by atoms with E-state index in [0.717, 1.165) is 45.1 Å². The van der Waals surface area contributed by atoms with Gasteiger partial charge in [0.15, 0.2) is 0 Å². The van der Waals surface area contributed by atoms with Crippen molar-refractivity contribution in [2.45, 2.75) is 69.6 Å². The summed E-state index contributed by atoms with van der Waals surface area (Å²) >= 11 is 0. The Morgan fingerprint density at radius 1 is 1.30 bits per heavy atom. The molecule has 5 heteroatoms. The van der Waals surface area contributed by atoms with Gasteiger partial charge in [0.1, 0.15) is 5.54 Å². The van der Waals surface area contributed by atoms with Gasteiger partial charge < -0.3 is 15.0 Å². The molecule has 1 N–H and O–H groups in total. The molecule has 2 unspecified atom stereocenters. The van der Waals surface area contributed by atoms with Crippen LogP contribution in [0.25, 0.3) is 0 Å². The minimum absolute atomic E-state index is 0.0160. The van der Waals surface area contributed by atoms with E-state index in [1.807, 2.05) is 4.90 Å². The molecule has 2 heterocycles. The van der Waals surface area contributed by atoms with Gasteiger partial charge in [-0.15, -0.1) is 0 Å². The molecule has 1 aliphatic carbocycles. The highest BCUT2D eigenvalue weighted by Gasteiger charge is 2.48. The summed E-state index contributed by atoms with van der Waals surface area (Å²) in [6, 6.07) is 0.0650. The Labute approximate surface area is 120 Å². The summed E-state index contributed by atoms with van der Waals surface area (Å²) in [5, 5.41) is 3.01. The van der Waals surface area contributed by atoms with Gasteiger partial charge in [-0.05, 0) is 32.6 Å². The zero-order valence-electron chi connectivity index (χ0n) is 12.2. The number of rotatable bonds is 2. The quantitative estimate of drug-likeness (QED) is 0.827. The molecule has 2 aliphatic heterocycles. The number of hydrogen-bond donors (Lipinski definition) is 1. The maximum atomic E-state index is 13.0. The van der Waals surface area contributed by atoms with Gasteiger partial charge in [-0.2, -0.15) is 0 Å². The average Bonchev–Trinajstić information content (AvgIpc) is 3.07. The van der Waals surface area contributed by atoms with Crippen LogP contribution >= 0.6 is 0 Å². The third kappa shape index (κ3) is 2.32.